The maximum Gasteiger partial charge on any atom is 0.322 e. The van der Waals surface area contributed by atoms with E-state index in [1.54, 1.807) is 27.9 Å². The Labute approximate surface area is 160 Å². The molecular weight excluding hydrogens is 364 g/mol. The number of nitrogens with one attached hydrogen (secondary N) is 1. The van der Waals surface area contributed by atoms with Crippen LogP contribution < -0.4 is 10.2 Å². The van der Waals surface area contributed by atoms with Crippen LogP contribution in [0.4, 0.5) is 16.4 Å². The van der Waals surface area contributed by atoms with Gasteiger partial charge < -0.3 is 19.9 Å². The van der Waals surface area contributed by atoms with Crippen molar-refractivity contribution in [3.8, 4) is 0 Å². The molecule has 0 saturated carbocycles. The van der Waals surface area contributed by atoms with Gasteiger partial charge in [0.25, 0.3) is 0 Å². The number of benzene rings is 1. The molecule has 0 aliphatic carbocycles. The van der Waals surface area contributed by atoms with Gasteiger partial charge in [0.15, 0.2) is 0 Å². The Balaban J connectivity index is 1.45. The van der Waals surface area contributed by atoms with Crippen LogP contribution in [-0.4, -0.2) is 59.7 Å². The van der Waals surface area contributed by atoms with E-state index in [2.05, 4.69) is 20.3 Å². The van der Waals surface area contributed by atoms with E-state index < -0.39 is 0 Å². The zero-order chi connectivity index (χ0) is 18.8. The first-order valence-electron chi connectivity index (χ1n) is 8.61. The van der Waals surface area contributed by atoms with Crippen LogP contribution in [0, 0.1) is 0 Å². The van der Waals surface area contributed by atoms with Gasteiger partial charge in [0.1, 0.15) is 6.10 Å². The van der Waals surface area contributed by atoms with Gasteiger partial charge in [0.05, 0.1) is 34.6 Å². The highest BCUT2D eigenvalue weighted by Gasteiger charge is 2.27. The molecular formula is C18H20N6O2S. The van der Waals surface area contributed by atoms with Crippen LogP contribution in [0.5, 0.6) is 0 Å². The SMILES string of the molecule is CN(C)c1nccc(C2CN(C(=O)Nc3ccc4ncsc4c3)CCO2)n1. The molecule has 1 aromatic carbocycles. The number of urea groups is 1. The van der Waals surface area contributed by atoms with Gasteiger partial charge >= 0.3 is 6.03 Å². The van der Waals surface area contributed by atoms with Gasteiger partial charge in [-0.2, -0.15) is 0 Å². The van der Waals surface area contributed by atoms with Crippen molar-refractivity contribution in [2.45, 2.75) is 6.10 Å². The van der Waals surface area contributed by atoms with Gasteiger partial charge in [-0.1, -0.05) is 0 Å². The number of ether oxygens (including phenoxy) is 1. The molecule has 3 aromatic rings. The minimum atomic E-state index is -0.268. The smallest absolute Gasteiger partial charge is 0.322 e. The van der Waals surface area contributed by atoms with Gasteiger partial charge in [0, 0.05) is 32.5 Å². The van der Waals surface area contributed by atoms with Crippen LogP contribution >= 0.6 is 11.3 Å². The van der Waals surface area contributed by atoms with E-state index in [9.17, 15) is 4.79 Å². The first-order valence-corrected chi connectivity index (χ1v) is 9.49. The highest BCUT2D eigenvalue weighted by atomic mass is 32.1. The van der Waals surface area contributed by atoms with Crippen molar-refractivity contribution in [1.82, 2.24) is 19.9 Å². The second-order valence-corrected chi connectivity index (χ2v) is 7.33. The van der Waals surface area contributed by atoms with Crippen molar-refractivity contribution in [2.24, 2.45) is 0 Å². The highest BCUT2D eigenvalue weighted by Crippen LogP contribution is 2.24. The Morgan fingerprint density at radius 1 is 1.33 bits per heavy atom. The molecule has 2 aromatic heterocycles. The molecule has 1 aliphatic heterocycles. The number of carbonyl (C=O) groups is 1. The van der Waals surface area contributed by atoms with E-state index in [0.717, 1.165) is 21.6 Å². The first-order chi connectivity index (χ1) is 13.1. The molecule has 1 unspecified atom stereocenters. The van der Waals surface area contributed by atoms with Crippen molar-refractivity contribution in [3.05, 3.63) is 41.7 Å². The molecule has 3 heterocycles. The third-order valence-electron chi connectivity index (χ3n) is 4.33. The maximum absolute atomic E-state index is 12.7. The van der Waals surface area contributed by atoms with E-state index >= 15 is 0 Å². The summed E-state index contributed by atoms with van der Waals surface area (Å²) < 4.78 is 6.89. The molecule has 1 aliphatic rings. The summed E-state index contributed by atoms with van der Waals surface area (Å²) in [6.07, 6.45) is 1.44. The van der Waals surface area contributed by atoms with Gasteiger partial charge in [-0.25, -0.2) is 19.7 Å². The van der Waals surface area contributed by atoms with E-state index in [4.69, 9.17) is 4.74 Å². The van der Waals surface area contributed by atoms with Crippen LogP contribution in [0.2, 0.25) is 0 Å². The van der Waals surface area contributed by atoms with E-state index in [1.807, 2.05) is 43.3 Å². The van der Waals surface area contributed by atoms with Gasteiger partial charge in [-0.3, -0.25) is 0 Å². The summed E-state index contributed by atoms with van der Waals surface area (Å²) in [5, 5.41) is 2.96. The molecule has 140 valence electrons. The monoisotopic (exact) mass is 384 g/mol. The lowest BCUT2D eigenvalue weighted by molar-refractivity contribution is -0.0157. The summed E-state index contributed by atoms with van der Waals surface area (Å²) in [7, 11) is 3.78. The largest absolute Gasteiger partial charge is 0.368 e. The third kappa shape index (κ3) is 3.83. The first kappa shape index (κ1) is 17.6. The summed E-state index contributed by atoms with van der Waals surface area (Å²) in [5.74, 6) is 0.621. The van der Waals surface area contributed by atoms with E-state index in [-0.39, 0.29) is 12.1 Å². The van der Waals surface area contributed by atoms with Crippen molar-refractivity contribution in [2.75, 3.05) is 44.0 Å². The summed E-state index contributed by atoms with van der Waals surface area (Å²) in [4.78, 5) is 29.3. The van der Waals surface area contributed by atoms with Crippen molar-refractivity contribution in [3.63, 3.8) is 0 Å². The Hall–Kier alpha value is -2.78. The molecule has 4 rings (SSSR count). The number of morpholine rings is 1. The molecule has 0 spiro atoms. The summed E-state index contributed by atoms with van der Waals surface area (Å²) in [6.45, 7) is 1.45. The quantitative estimate of drug-likeness (QED) is 0.748. The molecule has 0 radical (unpaired) electrons. The van der Waals surface area contributed by atoms with Crippen LogP contribution in [0.3, 0.4) is 0 Å². The number of rotatable bonds is 3. The fraction of sp³-hybridized carbons (Fsp3) is 0.333. The summed E-state index contributed by atoms with van der Waals surface area (Å²) in [5.41, 5.74) is 4.27. The topological polar surface area (TPSA) is 83.5 Å². The van der Waals surface area contributed by atoms with E-state index in [1.165, 1.54) is 0 Å². The number of nitrogens with zero attached hydrogens (tertiary/aromatic N) is 5. The molecule has 8 nitrogen and oxygen atoms in total. The Morgan fingerprint density at radius 2 is 2.22 bits per heavy atom. The summed E-state index contributed by atoms with van der Waals surface area (Å²) >= 11 is 1.55. The lowest BCUT2D eigenvalue weighted by atomic mass is 10.2. The average molecular weight is 384 g/mol. The lowest BCUT2D eigenvalue weighted by Gasteiger charge is -2.32. The number of fused-ring (bicyclic) bond motifs is 1. The molecule has 1 fully saturated rings. The van der Waals surface area contributed by atoms with Crippen molar-refractivity contribution >= 4 is 39.2 Å². The van der Waals surface area contributed by atoms with Gasteiger partial charge in [0.2, 0.25) is 5.95 Å². The van der Waals surface area contributed by atoms with Crippen LogP contribution in [-0.2, 0) is 4.74 Å². The second-order valence-electron chi connectivity index (χ2n) is 6.45. The summed E-state index contributed by atoms with van der Waals surface area (Å²) in [6, 6.07) is 7.40. The number of amides is 2. The second kappa shape index (κ2) is 7.45. The number of thiazole rings is 1. The van der Waals surface area contributed by atoms with Gasteiger partial charge in [-0.15, -0.1) is 11.3 Å². The normalized spacial score (nSPS) is 17.1. The third-order valence-corrected chi connectivity index (χ3v) is 5.12. The number of aromatic nitrogens is 3. The van der Waals surface area contributed by atoms with Crippen molar-refractivity contribution < 1.29 is 9.53 Å². The maximum atomic E-state index is 12.7. The van der Waals surface area contributed by atoms with Crippen LogP contribution in [0.25, 0.3) is 10.2 Å². The molecule has 1 N–H and O–H groups in total. The number of carbonyl (C=O) groups excluding carboxylic acids is 1. The lowest BCUT2D eigenvalue weighted by Crippen LogP contribution is -2.44. The fourth-order valence-electron chi connectivity index (χ4n) is 2.90. The zero-order valence-corrected chi connectivity index (χ0v) is 15.9. The van der Waals surface area contributed by atoms with Crippen LogP contribution in [0.15, 0.2) is 36.0 Å². The number of hydrogen-bond acceptors (Lipinski definition) is 7. The molecule has 0 bridgehead atoms. The minimum absolute atomic E-state index is 0.144. The van der Waals surface area contributed by atoms with E-state index in [0.29, 0.717) is 25.6 Å². The predicted molar refractivity (Wildman–Crippen MR) is 105 cm³/mol. The Kier molecular flexibility index (Phi) is 4.87. The molecule has 9 heteroatoms. The molecule has 1 saturated heterocycles. The average Bonchev–Trinajstić information content (AvgIpc) is 3.16. The fourth-order valence-corrected chi connectivity index (χ4v) is 3.62. The predicted octanol–water partition coefficient (Wildman–Crippen LogP) is 2.76. The minimum Gasteiger partial charge on any atom is -0.368 e. The van der Waals surface area contributed by atoms with Gasteiger partial charge in [-0.05, 0) is 24.3 Å². The Morgan fingerprint density at radius 3 is 3.07 bits per heavy atom. The molecule has 1 atom stereocenters. The standard InChI is InChI=1S/C18H20N6O2S/c1-23(2)17-19-6-5-13(22-17)15-10-24(7-8-26-15)18(25)21-12-3-4-14-16(9-12)27-11-20-14/h3-6,9,11,15H,7-8,10H2,1-2H3,(H,21,25). The molecule has 2 amide bonds. The number of anilines is 2. The Bertz CT molecular complexity index is 960. The van der Waals surface area contributed by atoms with Crippen molar-refractivity contribution in [1.29, 1.82) is 0 Å². The highest BCUT2D eigenvalue weighted by molar-refractivity contribution is 7.16. The number of hydrogen-bond donors (Lipinski definition) is 1. The zero-order valence-electron chi connectivity index (χ0n) is 15.1. The van der Waals surface area contributed by atoms with Crippen LogP contribution in [0.1, 0.15) is 11.8 Å². The molecule has 27 heavy (non-hydrogen) atoms.